The zero-order valence-corrected chi connectivity index (χ0v) is 16.9. The predicted octanol–water partition coefficient (Wildman–Crippen LogP) is 3.83. The Kier molecular flexibility index (Phi) is 4.87. The molecule has 2 aromatic carbocycles. The van der Waals surface area contributed by atoms with E-state index in [0.29, 0.717) is 16.9 Å². The van der Waals surface area contributed by atoms with E-state index in [4.69, 9.17) is 4.52 Å². The summed E-state index contributed by atoms with van der Waals surface area (Å²) in [7, 11) is -3.81. The molecule has 2 N–H and O–H groups in total. The van der Waals surface area contributed by atoms with Gasteiger partial charge in [0.25, 0.3) is 10.0 Å². The van der Waals surface area contributed by atoms with E-state index in [1.165, 1.54) is 12.1 Å². The molecule has 3 aromatic rings. The molecule has 4 rings (SSSR count). The number of hydrogen-bond acceptors (Lipinski definition) is 5. The predicted molar refractivity (Wildman–Crippen MR) is 109 cm³/mol. The summed E-state index contributed by atoms with van der Waals surface area (Å²) in [5.74, 6) is 0.231. The van der Waals surface area contributed by atoms with E-state index < -0.39 is 10.0 Å². The third-order valence-electron chi connectivity index (χ3n) is 5.17. The van der Waals surface area contributed by atoms with Gasteiger partial charge in [0.1, 0.15) is 0 Å². The average Bonchev–Trinajstić information content (AvgIpc) is 3.47. The highest BCUT2D eigenvalue weighted by Gasteiger charge is 2.43. The van der Waals surface area contributed by atoms with E-state index in [2.05, 4.69) is 15.2 Å². The summed E-state index contributed by atoms with van der Waals surface area (Å²) < 4.78 is 32.5. The number of carbonyl (C=O) groups excluding carboxylic acids is 1. The number of nitrogens with zero attached hydrogens (tertiary/aromatic N) is 1. The molecule has 1 aliphatic rings. The summed E-state index contributed by atoms with van der Waals surface area (Å²) in [5.41, 5.74) is 2.97. The Balaban J connectivity index is 1.40. The van der Waals surface area contributed by atoms with Gasteiger partial charge in [0.15, 0.2) is 0 Å². The molecule has 8 heteroatoms. The second-order valence-electron chi connectivity index (χ2n) is 7.20. The molecule has 150 valence electrons. The molecule has 7 nitrogen and oxygen atoms in total. The number of carbonyl (C=O) groups is 1. The summed E-state index contributed by atoms with van der Waals surface area (Å²) in [5, 5.41) is 6.60. The molecule has 29 heavy (non-hydrogen) atoms. The summed E-state index contributed by atoms with van der Waals surface area (Å²) in [6.07, 6.45) is 0.822. The van der Waals surface area contributed by atoms with E-state index in [1.54, 1.807) is 26.0 Å². The van der Waals surface area contributed by atoms with E-state index in [0.717, 1.165) is 12.0 Å². The Morgan fingerprint density at radius 1 is 1.07 bits per heavy atom. The number of anilines is 2. The molecular formula is C21H21N3O4S. The number of amides is 1. The van der Waals surface area contributed by atoms with Crippen molar-refractivity contribution < 1.29 is 17.7 Å². The first-order chi connectivity index (χ1) is 13.8. The maximum atomic E-state index is 12.5. The van der Waals surface area contributed by atoms with Crippen LogP contribution in [0.15, 0.2) is 64.0 Å². The second-order valence-corrected chi connectivity index (χ2v) is 8.88. The van der Waals surface area contributed by atoms with Gasteiger partial charge in [0.2, 0.25) is 11.8 Å². The number of nitrogens with one attached hydrogen (secondary N) is 2. The first-order valence-electron chi connectivity index (χ1n) is 9.27. The topological polar surface area (TPSA) is 101 Å². The molecule has 1 amide bonds. The highest BCUT2D eigenvalue weighted by Crippen LogP contribution is 2.47. The average molecular weight is 411 g/mol. The fraction of sp³-hybridized carbons (Fsp3) is 0.238. The van der Waals surface area contributed by atoms with Crippen LogP contribution in [0.25, 0.3) is 0 Å². The van der Waals surface area contributed by atoms with Gasteiger partial charge in [0.05, 0.1) is 10.6 Å². The fourth-order valence-electron chi connectivity index (χ4n) is 3.20. The van der Waals surface area contributed by atoms with Crippen molar-refractivity contribution in [3.05, 3.63) is 71.4 Å². The van der Waals surface area contributed by atoms with Crippen LogP contribution in [0.3, 0.4) is 0 Å². The van der Waals surface area contributed by atoms with Crippen LogP contribution in [0, 0.1) is 19.8 Å². The van der Waals surface area contributed by atoms with Crippen molar-refractivity contribution in [1.82, 2.24) is 5.16 Å². The van der Waals surface area contributed by atoms with Crippen LogP contribution in [0.1, 0.15) is 29.2 Å². The Labute approximate surface area is 169 Å². The summed E-state index contributed by atoms with van der Waals surface area (Å²) in [4.78, 5) is 12.5. The maximum Gasteiger partial charge on any atom is 0.264 e. The minimum Gasteiger partial charge on any atom is -0.337 e. The van der Waals surface area contributed by atoms with Gasteiger partial charge in [-0.25, -0.2) is 13.1 Å². The second kappa shape index (κ2) is 7.36. The Morgan fingerprint density at radius 3 is 2.38 bits per heavy atom. The number of sulfonamides is 1. The molecule has 0 unspecified atom stereocenters. The Hall–Kier alpha value is -3.13. The van der Waals surface area contributed by atoms with Crippen molar-refractivity contribution in [3.8, 4) is 0 Å². The maximum absolute atomic E-state index is 12.5. The quantitative estimate of drug-likeness (QED) is 0.642. The molecule has 1 fully saturated rings. The van der Waals surface area contributed by atoms with Crippen LogP contribution in [0.5, 0.6) is 0 Å². The summed E-state index contributed by atoms with van der Waals surface area (Å²) >= 11 is 0. The Morgan fingerprint density at radius 2 is 1.76 bits per heavy atom. The zero-order chi connectivity index (χ0) is 20.6. The molecule has 1 aliphatic carbocycles. The molecule has 0 aliphatic heterocycles. The molecule has 1 saturated carbocycles. The molecule has 0 bridgehead atoms. The van der Waals surface area contributed by atoms with Gasteiger partial charge >= 0.3 is 0 Å². The molecule has 1 aromatic heterocycles. The van der Waals surface area contributed by atoms with E-state index >= 15 is 0 Å². The van der Waals surface area contributed by atoms with Gasteiger partial charge in [-0.15, -0.1) is 0 Å². The highest BCUT2D eigenvalue weighted by atomic mass is 32.2. The summed E-state index contributed by atoms with van der Waals surface area (Å²) in [6, 6.07) is 16.0. The molecular weight excluding hydrogens is 390 g/mol. The standard InChI is InChI=1S/C21H21N3O4S/c1-13-14(2)23-28-21(13)24-29(26,27)17-10-8-16(9-11-17)22-20(25)19-12-18(19)15-6-4-3-5-7-15/h3-11,18-19,24H,12H2,1-2H3,(H,22,25)/t18-,19-/m0/s1. The van der Waals surface area contributed by atoms with Gasteiger partial charge in [-0.3, -0.25) is 4.79 Å². The number of benzene rings is 2. The SMILES string of the molecule is Cc1noc(NS(=O)(=O)c2ccc(NC(=O)[C@H]3C[C@H]3c3ccccc3)cc2)c1C. The Bertz CT molecular complexity index is 1140. The van der Waals surface area contributed by atoms with Gasteiger partial charge in [-0.1, -0.05) is 35.5 Å². The third-order valence-corrected chi connectivity index (χ3v) is 6.52. The lowest BCUT2D eigenvalue weighted by Gasteiger charge is -2.08. The van der Waals surface area contributed by atoms with Crippen LogP contribution in [0.2, 0.25) is 0 Å². The minimum absolute atomic E-state index is 0.0552. The van der Waals surface area contributed by atoms with Crippen molar-refractivity contribution in [1.29, 1.82) is 0 Å². The highest BCUT2D eigenvalue weighted by molar-refractivity contribution is 7.92. The molecule has 1 heterocycles. The first-order valence-corrected chi connectivity index (χ1v) is 10.7. The van der Waals surface area contributed by atoms with Crippen LogP contribution in [-0.2, 0) is 14.8 Å². The van der Waals surface area contributed by atoms with E-state index in [9.17, 15) is 13.2 Å². The lowest BCUT2D eigenvalue weighted by Crippen LogP contribution is -2.15. The monoisotopic (exact) mass is 411 g/mol. The number of rotatable bonds is 6. The minimum atomic E-state index is -3.81. The van der Waals surface area contributed by atoms with Gasteiger partial charge in [0, 0.05) is 17.2 Å². The first kappa shape index (κ1) is 19.2. The molecule has 2 atom stereocenters. The van der Waals surface area contributed by atoms with Gasteiger partial charge in [-0.05, 0) is 56.0 Å². The van der Waals surface area contributed by atoms with Crippen molar-refractivity contribution in [2.45, 2.75) is 31.1 Å². The molecule has 0 radical (unpaired) electrons. The van der Waals surface area contributed by atoms with Crippen LogP contribution in [-0.4, -0.2) is 19.5 Å². The van der Waals surface area contributed by atoms with Crippen molar-refractivity contribution in [2.24, 2.45) is 5.92 Å². The van der Waals surface area contributed by atoms with Crippen molar-refractivity contribution in [2.75, 3.05) is 10.0 Å². The summed E-state index contributed by atoms with van der Waals surface area (Å²) in [6.45, 7) is 3.46. The van der Waals surface area contributed by atoms with Crippen LogP contribution < -0.4 is 10.0 Å². The lowest BCUT2D eigenvalue weighted by atomic mass is 10.1. The number of hydrogen-bond donors (Lipinski definition) is 2. The van der Waals surface area contributed by atoms with Crippen LogP contribution in [0.4, 0.5) is 11.6 Å². The van der Waals surface area contributed by atoms with E-state index in [-0.39, 0.29) is 28.5 Å². The normalized spacial score (nSPS) is 18.3. The van der Waals surface area contributed by atoms with Crippen molar-refractivity contribution in [3.63, 3.8) is 0 Å². The van der Waals surface area contributed by atoms with Crippen molar-refractivity contribution >= 4 is 27.5 Å². The fourth-order valence-corrected chi connectivity index (χ4v) is 4.24. The smallest absolute Gasteiger partial charge is 0.264 e. The molecule has 0 saturated heterocycles. The largest absolute Gasteiger partial charge is 0.337 e. The lowest BCUT2D eigenvalue weighted by molar-refractivity contribution is -0.117. The molecule has 0 spiro atoms. The number of aromatic nitrogens is 1. The number of aryl methyl sites for hydroxylation is 1. The van der Waals surface area contributed by atoms with Crippen LogP contribution >= 0.6 is 0 Å². The third kappa shape index (κ3) is 4.02. The zero-order valence-electron chi connectivity index (χ0n) is 16.0. The van der Waals surface area contributed by atoms with Gasteiger partial charge < -0.3 is 9.84 Å². The van der Waals surface area contributed by atoms with Gasteiger partial charge in [-0.2, -0.15) is 0 Å². The van der Waals surface area contributed by atoms with E-state index in [1.807, 2.05) is 30.3 Å².